The molecule has 0 spiro atoms. The number of aromatic nitrogens is 2. The van der Waals surface area contributed by atoms with E-state index < -0.39 is 18.0 Å². The molecule has 0 radical (unpaired) electrons. The highest BCUT2D eigenvalue weighted by Crippen LogP contribution is 2.23. The molecule has 1 fully saturated rings. The van der Waals surface area contributed by atoms with Gasteiger partial charge in [-0.25, -0.2) is 0 Å². The lowest BCUT2D eigenvalue weighted by molar-refractivity contribution is -0.129. The molecule has 2 aromatic rings. The number of benzene rings is 1. The SMILES string of the molecule is CC(C(=O)NC1CCN(c2cnn(C)c2)C1=O)C(N)c1ccccc1.Cl. The van der Waals surface area contributed by atoms with Crippen molar-refractivity contribution in [1.82, 2.24) is 15.1 Å². The Bertz CT molecular complexity index is 764. The van der Waals surface area contributed by atoms with Gasteiger partial charge in [-0.05, 0) is 12.0 Å². The summed E-state index contributed by atoms with van der Waals surface area (Å²) in [6, 6.07) is 8.58. The highest BCUT2D eigenvalue weighted by atomic mass is 35.5. The zero-order valence-corrected chi connectivity index (χ0v) is 15.6. The van der Waals surface area contributed by atoms with Gasteiger partial charge < -0.3 is 16.0 Å². The van der Waals surface area contributed by atoms with Gasteiger partial charge in [0.1, 0.15) is 6.04 Å². The molecule has 1 saturated heterocycles. The number of anilines is 1. The average molecular weight is 378 g/mol. The quantitative estimate of drug-likeness (QED) is 0.823. The number of hydrogen-bond acceptors (Lipinski definition) is 4. The summed E-state index contributed by atoms with van der Waals surface area (Å²) >= 11 is 0. The maximum absolute atomic E-state index is 12.6. The number of nitrogens with zero attached hydrogens (tertiary/aromatic N) is 3. The Hall–Kier alpha value is -2.38. The van der Waals surface area contributed by atoms with Crippen LogP contribution in [0.4, 0.5) is 5.69 Å². The molecule has 8 heteroatoms. The molecule has 0 bridgehead atoms. The summed E-state index contributed by atoms with van der Waals surface area (Å²) in [5.41, 5.74) is 7.85. The van der Waals surface area contributed by atoms with Gasteiger partial charge in [0.05, 0.1) is 17.8 Å². The maximum Gasteiger partial charge on any atom is 0.249 e. The zero-order valence-electron chi connectivity index (χ0n) is 14.8. The van der Waals surface area contributed by atoms with Crippen LogP contribution < -0.4 is 16.0 Å². The van der Waals surface area contributed by atoms with Crippen LogP contribution in [-0.2, 0) is 16.6 Å². The van der Waals surface area contributed by atoms with E-state index in [1.54, 1.807) is 35.9 Å². The van der Waals surface area contributed by atoms with Gasteiger partial charge in [-0.3, -0.25) is 14.3 Å². The Labute approximate surface area is 159 Å². The predicted molar refractivity (Wildman–Crippen MR) is 102 cm³/mol. The second-order valence-corrected chi connectivity index (χ2v) is 6.44. The molecule has 1 aromatic carbocycles. The minimum absolute atomic E-state index is 0. The summed E-state index contributed by atoms with van der Waals surface area (Å²) in [4.78, 5) is 26.7. The average Bonchev–Trinajstić information content (AvgIpc) is 3.20. The number of carbonyl (C=O) groups is 2. The third kappa shape index (κ3) is 4.05. The fourth-order valence-corrected chi connectivity index (χ4v) is 3.05. The molecular weight excluding hydrogens is 354 g/mol. The van der Waals surface area contributed by atoms with Gasteiger partial charge in [-0.1, -0.05) is 37.3 Å². The van der Waals surface area contributed by atoms with Gasteiger partial charge in [-0.2, -0.15) is 5.10 Å². The van der Waals surface area contributed by atoms with Crippen LogP contribution in [-0.4, -0.2) is 34.2 Å². The van der Waals surface area contributed by atoms with Crippen LogP contribution in [0.25, 0.3) is 0 Å². The molecule has 2 heterocycles. The lowest BCUT2D eigenvalue weighted by atomic mass is 9.94. The molecule has 3 unspecified atom stereocenters. The van der Waals surface area contributed by atoms with E-state index in [9.17, 15) is 9.59 Å². The standard InChI is InChI=1S/C18H23N5O2.ClH/c1-12(16(19)13-6-4-3-5-7-13)17(24)21-15-8-9-23(18(15)25)14-10-20-22(2)11-14;/h3-7,10-12,15-16H,8-9,19H2,1-2H3,(H,21,24);1H. The molecule has 3 atom stereocenters. The van der Waals surface area contributed by atoms with E-state index in [0.717, 1.165) is 11.3 Å². The van der Waals surface area contributed by atoms with Crippen molar-refractivity contribution in [2.75, 3.05) is 11.4 Å². The molecule has 3 N–H and O–H groups in total. The van der Waals surface area contributed by atoms with Gasteiger partial charge in [0.25, 0.3) is 0 Å². The number of hydrogen-bond donors (Lipinski definition) is 2. The molecule has 2 amide bonds. The van der Waals surface area contributed by atoms with E-state index in [2.05, 4.69) is 10.4 Å². The van der Waals surface area contributed by atoms with Crippen LogP contribution >= 0.6 is 12.4 Å². The van der Waals surface area contributed by atoms with Gasteiger partial charge in [0.15, 0.2) is 0 Å². The minimum atomic E-state index is -0.516. The van der Waals surface area contributed by atoms with Crippen LogP contribution in [0.5, 0.6) is 0 Å². The topological polar surface area (TPSA) is 93.2 Å². The maximum atomic E-state index is 12.6. The van der Waals surface area contributed by atoms with Crippen molar-refractivity contribution < 1.29 is 9.59 Å². The van der Waals surface area contributed by atoms with Crippen LogP contribution in [0.2, 0.25) is 0 Å². The molecule has 1 aliphatic heterocycles. The zero-order chi connectivity index (χ0) is 18.0. The smallest absolute Gasteiger partial charge is 0.249 e. The number of nitrogens with one attached hydrogen (secondary N) is 1. The van der Waals surface area contributed by atoms with Crippen molar-refractivity contribution in [3.05, 3.63) is 48.3 Å². The third-order valence-corrected chi connectivity index (χ3v) is 4.66. The summed E-state index contributed by atoms with van der Waals surface area (Å²) in [5, 5.41) is 6.93. The molecule has 0 saturated carbocycles. The summed E-state index contributed by atoms with van der Waals surface area (Å²) in [5.74, 6) is -0.743. The first-order valence-electron chi connectivity index (χ1n) is 8.38. The van der Waals surface area contributed by atoms with Crippen molar-refractivity contribution in [2.24, 2.45) is 18.7 Å². The van der Waals surface area contributed by atoms with Crippen LogP contribution in [0.1, 0.15) is 24.9 Å². The van der Waals surface area contributed by atoms with E-state index >= 15 is 0 Å². The second-order valence-electron chi connectivity index (χ2n) is 6.44. The Morgan fingerprint density at radius 2 is 2.04 bits per heavy atom. The number of rotatable bonds is 5. The summed E-state index contributed by atoms with van der Waals surface area (Å²) in [6.45, 7) is 2.35. The highest BCUT2D eigenvalue weighted by Gasteiger charge is 2.35. The van der Waals surface area contributed by atoms with Crippen molar-refractivity contribution in [3.8, 4) is 0 Å². The van der Waals surface area contributed by atoms with E-state index in [0.29, 0.717) is 13.0 Å². The Balaban J connectivity index is 0.00000243. The highest BCUT2D eigenvalue weighted by molar-refractivity contribution is 6.01. The fourth-order valence-electron chi connectivity index (χ4n) is 3.05. The van der Waals surface area contributed by atoms with Gasteiger partial charge in [0.2, 0.25) is 11.8 Å². The van der Waals surface area contributed by atoms with E-state index in [4.69, 9.17) is 5.73 Å². The predicted octanol–water partition coefficient (Wildman–Crippen LogP) is 1.40. The number of carbonyl (C=O) groups excluding carboxylic acids is 2. The lowest BCUT2D eigenvalue weighted by Gasteiger charge is -2.22. The molecule has 7 nitrogen and oxygen atoms in total. The molecule has 0 aliphatic carbocycles. The second kappa shape index (κ2) is 8.33. The third-order valence-electron chi connectivity index (χ3n) is 4.66. The Morgan fingerprint density at radius 1 is 1.35 bits per heavy atom. The van der Waals surface area contributed by atoms with Crippen molar-refractivity contribution in [3.63, 3.8) is 0 Å². The molecule has 1 aliphatic rings. The molecule has 3 rings (SSSR count). The number of halogens is 1. The number of nitrogens with two attached hydrogens (primary N) is 1. The van der Waals surface area contributed by atoms with Crippen molar-refractivity contribution >= 4 is 29.9 Å². The van der Waals surface area contributed by atoms with Gasteiger partial charge in [-0.15, -0.1) is 12.4 Å². The van der Waals surface area contributed by atoms with Crippen LogP contribution in [0.15, 0.2) is 42.7 Å². The summed E-state index contributed by atoms with van der Waals surface area (Å²) in [7, 11) is 1.80. The number of aryl methyl sites for hydroxylation is 1. The summed E-state index contributed by atoms with van der Waals surface area (Å²) in [6.07, 6.45) is 4.01. The van der Waals surface area contributed by atoms with E-state index in [1.165, 1.54) is 0 Å². The van der Waals surface area contributed by atoms with Gasteiger partial charge in [0, 0.05) is 25.8 Å². The first-order chi connectivity index (χ1) is 12.0. The first kappa shape index (κ1) is 19.9. The fraction of sp³-hybridized carbons (Fsp3) is 0.389. The van der Waals surface area contributed by atoms with Gasteiger partial charge >= 0.3 is 0 Å². The van der Waals surface area contributed by atoms with E-state index in [-0.39, 0.29) is 24.2 Å². The molecular formula is C18H24ClN5O2. The normalized spacial score (nSPS) is 19.0. The molecule has 26 heavy (non-hydrogen) atoms. The monoisotopic (exact) mass is 377 g/mol. The van der Waals surface area contributed by atoms with Crippen molar-refractivity contribution in [2.45, 2.75) is 25.4 Å². The van der Waals surface area contributed by atoms with Crippen molar-refractivity contribution in [1.29, 1.82) is 0 Å². The lowest BCUT2D eigenvalue weighted by Crippen LogP contribution is -2.45. The molecule has 1 aromatic heterocycles. The first-order valence-corrected chi connectivity index (χ1v) is 8.38. The number of amides is 2. The van der Waals surface area contributed by atoms with E-state index in [1.807, 2.05) is 30.3 Å². The minimum Gasteiger partial charge on any atom is -0.344 e. The Morgan fingerprint density at radius 3 is 2.65 bits per heavy atom. The van der Waals surface area contributed by atoms with Crippen LogP contribution in [0.3, 0.4) is 0 Å². The summed E-state index contributed by atoms with van der Waals surface area (Å²) < 4.78 is 1.65. The van der Waals surface area contributed by atoms with Crippen LogP contribution in [0, 0.1) is 5.92 Å². The Kier molecular flexibility index (Phi) is 6.39. The largest absolute Gasteiger partial charge is 0.344 e. The molecule has 140 valence electrons.